The van der Waals surface area contributed by atoms with E-state index in [0.29, 0.717) is 10.3 Å². The Morgan fingerprint density at radius 2 is 2.00 bits per heavy atom. The van der Waals surface area contributed by atoms with Gasteiger partial charge in [-0.15, -0.1) is 0 Å². The van der Waals surface area contributed by atoms with Crippen LogP contribution in [0.25, 0.3) is 16.7 Å². The van der Waals surface area contributed by atoms with Gasteiger partial charge < -0.3 is 4.98 Å². The highest BCUT2D eigenvalue weighted by atomic mass is 32.1. The second-order valence-corrected chi connectivity index (χ2v) is 4.79. The SMILES string of the molecule is Cc1cccc2[nH]c(=S)n(-c3cccc(C#N)c3)c12. The van der Waals surface area contributed by atoms with E-state index in [2.05, 4.69) is 24.0 Å². The van der Waals surface area contributed by atoms with Crippen LogP contribution >= 0.6 is 12.2 Å². The fourth-order valence-electron chi connectivity index (χ4n) is 2.29. The molecule has 92 valence electrons. The number of aromatic nitrogens is 2. The predicted molar refractivity (Wildman–Crippen MR) is 77.9 cm³/mol. The summed E-state index contributed by atoms with van der Waals surface area (Å²) in [6.45, 7) is 2.05. The Labute approximate surface area is 115 Å². The molecular weight excluding hydrogens is 254 g/mol. The molecule has 19 heavy (non-hydrogen) atoms. The lowest BCUT2D eigenvalue weighted by Gasteiger charge is -2.06. The molecule has 4 heteroatoms. The van der Waals surface area contributed by atoms with Gasteiger partial charge >= 0.3 is 0 Å². The minimum atomic E-state index is 0.627. The number of nitrogens with zero attached hydrogens (tertiary/aromatic N) is 2. The smallest absolute Gasteiger partial charge is 0.182 e. The fourth-order valence-corrected chi connectivity index (χ4v) is 2.60. The topological polar surface area (TPSA) is 44.5 Å². The first-order chi connectivity index (χ1) is 9.20. The number of H-pyrrole nitrogens is 1. The largest absolute Gasteiger partial charge is 0.330 e. The molecule has 1 N–H and O–H groups in total. The first-order valence-electron chi connectivity index (χ1n) is 5.91. The number of nitrogens with one attached hydrogen (secondary N) is 1. The molecular formula is C15H11N3S. The van der Waals surface area contributed by atoms with Crippen molar-refractivity contribution in [3.05, 3.63) is 58.4 Å². The third-order valence-corrected chi connectivity index (χ3v) is 3.42. The summed E-state index contributed by atoms with van der Waals surface area (Å²) in [5.41, 5.74) is 4.74. The average molecular weight is 265 g/mol. The fraction of sp³-hybridized carbons (Fsp3) is 0.0667. The highest BCUT2D eigenvalue weighted by molar-refractivity contribution is 7.71. The number of aryl methyl sites for hydroxylation is 1. The number of hydrogen-bond acceptors (Lipinski definition) is 2. The van der Waals surface area contributed by atoms with Crippen molar-refractivity contribution in [1.82, 2.24) is 9.55 Å². The molecule has 0 radical (unpaired) electrons. The summed E-state index contributed by atoms with van der Waals surface area (Å²) in [7, 11) is 0. The van der Waals surface area contributed by atoms with Crippen LogP contribution in [-0.2, 0) is 0 Å². The van der Waals surface area contributed by atoms with Crippen molar-refractivity contribution < 1.29 is 0 Å². The summed E-state index contributed by atoms with van der Waals surface area (Å²) in [5, 5.41) is 9.00. The number of fused-ring (bicyclic) bond motifs is 1. The molecule has 1 heterocycles. The number of imidazole rings is 1. The van der Waals surface area contributed by atoms with Gasteiger partial charge in [0, 0.05) is 5.69 Å². The minimum absolute atomic E-state index is 0.627. The normalized spacial score (nSPS) is 10.5. The van der Waals surface area contributed by atoms with E-state index in [-0.39, 0.29) is 0 Å². The number of para-hydroxylation sites is 1. The molecule has 0 aliphatic heterocycles. The molecule has 0 amide bonds. The Morgan fingerprint density at radius 1 is 1.21 bits per heavy atom. The van der Waals surface area contributed by atoms with Gasteiger partial charge in [0.15, 0.2) is 4.77 Å². The number of benzene rings is 2. The zero-order valence-corrected chi connectivity index (χ0v) is 11.2. The van der Waals surface area contributed by atoms with Gasteiger partial charge in [-0.3, -0.25) is 4.57 Å². The molecule has 2 aromatic carbocycles. The number of aromatic amines is 1. The van der Waals surface area contributed by atoms with Crippen LogP contribution in [0, 0.1) is 23.0 Å². The minimum Gasteiger partial charge on any atom is -0.330 e. The first-order valence-corrected chi connectivity index (χ1v) is 6.32. The average Bonchev–Trinajstić information content (AvgIpc) is 2.76. The Morgan fingerprint density at radius 3 is 2.79 bits per heavy atom. The van der Waals surface area contributed by atoms with Gasteiger partial charge in [-0.05, 0) is 49.0 Å². The maximum absolute atomic E-state index is 9.00. The lowest BCUT2D eigenvalue weighted by atomic mass is 10.2. The molecule has 1 aromatic heterocycles. The van der Waals surface area contributed by atoms with E-state index in [1.54, 1.807) is 6.07 Å². The van der Waals surface area contributed by atoms with Crippen molar-refractivity contribution in [2.24, 2.45) is 0 Å². The van der Waals surface area contributed by atoms with Crippen molar-refractivity contribution in [3.8, 4) is 11.8 Å². The van der Waals surface area contributed by atoms with Crippen molar-refractivity contribution in [1.29, 1.82) is 5.26 Å². The van der Waals surface area contributed by atoms with Crippen LogP contribution in [0.1, 0.15) is 11.1 Å². The van der Waals surface area contributed by atoms with E-state index in [0.717, 1.165) is 22.3 Å². The molecule has 0 aliphatic carbocycles. The third kappa shape index (κ3) is 1.85. The summed E-state index contributed by atoms with van der Waals surface area (Å²) in [5.74, 6) is 0. The Bertz CT molecular complexity index is 865. The van der Waals surface area contributed by atoms with Crippen molar-refractivity contribution in [3.63, 3.8) is 0 Å². The number of hydrogen-bond donors (Lipinski definition) is 1. The van der Waals surface area contributed by atoms with Gasteiger partial charge in [0.25, 0.3) is 0 Å². The molecule has 0 saturated carbocycles. The van der Waals surface area contributed by atoms with Crippen LogP contribution in [0.4, 0.5) is 0 Å². The predicted octanol–water partition coefficient (Wildman–Crippen LogP) is 3.87. The third-order valence-electron chi connectivity index (χ3n) is 3.14. The zero-order chi connectivity index (χ0) is 13.4. The first kappa shape index (κ1) is 11.7. The second kappa shape index (κ2) is 4.38. The maximum atomic E-state index is 9.00. The Hall–Kier alpha value is -2.38. The molecule has 3 nitrogen and oxygen atoms in total. The van der Waals surface area contributed by atoms with Gasteiger partial charge in [0.1, 0.15) is 0 Å². The molecule has 0 spiro atoms. The molecule has 0 atom stereocenters. The summed E-state index contributed by atoms with van der Waals surface area (Å²) in [4.78, 5) is 3.20. The van der Waals surface area contributed by atoms with Gasteiger partial charge in [-0.1, -0.05) is 18.2 Å². The number of nitriles is 1. The van der Waals surface area contributed by atoms with E-state index in [9.17, 15) is 0 Å². The molecule has 0 saturated heterocycles. The van der Waals surface area contributed by atoms with Crippen LogP contribution in [-0.4, -0.2) is 9.55 Å². The Balaban J connectivity index is 2.40. The monoisotopic (exact) mass is 265 g/mol. The lowest BCUT2D eigenvalue weighted by molar-refractivity contribution is 1.06. The lowest BCUT2D eigenvalue weighted by Crippen LogP contribution is -1.95. The van der Waals surface area contributed by atoms with Crippen LogP contribution in [0.15, 0.2) is 42.5 Å². The maximum Gasteiger partial charge on any atom is 0.182 e. The molecule has 0 aliphatic rings. The quantitative estimate of drug-likeness (QED) is 0.679. The van der Waals surface area contributed by atoms with Crippen LogP contribution < -0.4 is 0 Å². The standard InChI is InChI=1S/C15H11N3S/c1-10-4-2-7-13-14(10)18(15(19)17-13)12-6-3-5-11(8-12)9-16/h2-8H,1H3,(H,17,19). The van der Waals surface area contributed by atoms with Crippen LogP contribution in [0.5, 0.6) is 0 Å². The van der Waals surface area contributed by atoms with Crippen LogP contribution in [0.2, 0.25) is 0 Å². The van der Waals surface area contributed by atoms with E-state index >= 15 is 0 Å². The van der Waals surface area contributed by atoms with E-state index in [1.165, 1.54) is 0 Å². The van der Waals surface area contributed by atoms with Gasteiger partial charge in [-0.2, -0.15) is 5.26 Å². The summed E-state index contributed by atoms with van der Waals surface area (Å²) < 4.78 is 2.61. The van der Waals surface area contributed by atoms with Crippen LogP contribution in [0.3, 0.4) is 0 Å². The second-order valence-electron chi connectivity index (χ2n) is 4.40. The van der Waals surface area contributed by atoms with Crippen molar-refractivity contribution >= 4 is 23.3 Å². The highest BCUT2D eigenvalue weighted by Crippen LogP contribution is 2.23. The van der Waals surface area contributed by atoms with Gasteiger partial charge in [-0.25, -0.2) is 0 Å². The highest BCUT2D eigenvalue weighted by Gasteiger charge is 2.08. The van der Waals surface area contributed by atoms with Crippen molar-refractivity contribution in [2.75, 3.05) is 0 Å². The Kier molecular flexibility index (Phi) is 2.69. The molecule has 0 fully saturated rings. The number of rotatable bonds is 1. The summed E-state index contributed by atoms with van der Waals surface area (Å²) in [6.07, 6.45) is 0. The van der Waals surface area contributed by atoms with E-state index in [1.807, 2.05) is 34.9 Å². The molecule has 0 unspecified atom stereocenters. The molecule has 3 rings (SSSR count). The van der Waals surface area contributed by atoms with E-state index < -0.39 is 0 Å². The van der Waals surface area contributed by atoms with Gasteiger partial charge in [0.2, 0.25) is 0 Å². The van der Waals surface area contributed by atoms with Gasteiger partial charge in [0.05, 0.1) is 22.7 Å². The van der Waals surface area contributed by atoms with Crippen molar-refractivity contribution in [2.45, 2.75) is 6.92 Å². The molecule has 3 aromatic rings. The van der Waals surface area contributed by atoms with E-state index in [4.69, 9.17) is 17.5 Å². The summed E-state index contributed by atoms with van der Waals surface area (Å²) in [6, 6.07) is 15.7. The summed E-state index contributed by atoms with van der Waals surface area (Å²) >= 11 is 5.40. The molecule has 0 bridgehead atoms. The zero-order valence-electron chi connectivity index (χ0n) is 10.3.